The molecule has 1 aliphatic rings. The van der Waals surface area contributed by atoms with Crippen molar-refractivity contribution in [3.63, 3.8) is 0 Å². The van der Waals surface area contributed by atoms with E-state index in [1.54, 1.807) is 6.07 Å². The smallest absolute Gasteiger partial charge is 0.404 e. The molecule has 3 aromatic carbocycles. The number of rotatable bonds is 10. The van der Waals surface area contributed by atoms with Crippen molar-refractivity contribution in [2.75, 3.05) is 25.1 Å². The number of carbonyl (C=O) groups excluding carboxylic acids is 2. The summed E-state index contributed by atoms with van der Waals surface area (Å²) in [6.07, 6.45) is -0.359. The topological polar surface area (TPSA) is 129 Å². The number of amides is 2. The number of benzene rings is 3. The molecule has 0 bridgehead atoms. The molecule has 1 aliphatic heterocycles. The molecule has 0 radical (unpaired) electrons. The Kier molecular flexibility index (Phi) is 9.75. The molecule has 0 aliphatic carbocycles. The summed E-state index contributed by atoms with van der Waals surface area (Å²) in [6.45, 7) is 0.843. The van der Waals surface area contributed by atoms with E-state index in [9.17, 15) is 22.8 Å². The van der Waals surface area contributed by atoms with Gasteiger partial charge in [0.15, 0.2) is 0 Å². The average molecular weight is 557 g/mol. The third-order valence-corrected chi connectivity index (χ3v) is 6.81. The van der Waals surface area contributed by atoms with Crippen LogP contribution in [0.3, 0.4) is 0 Å². The number of hydrogen-bond donors (Lipinski definition) is 4. The number of primary amides is 1. The Hall–Kier alpha value is -3.93. The molecule has 11 heteroatoms. The summed E-state index contributed by atoms with van der Waals surface area (Å²) in [5, 5.41) is 5.95. The van der Waals surface area contributed by atoms with Crippen LogP contribution in [0, 0.1) is 17.5 Å². The first-order valence-electron chi connectivity index (χ1n) is 12.8. The minimum atomic E-state index is -1.16. The number of halogens is 3. The van der Waals surface area contributed by atoms with E-state index in [0.29, 0.717) is 36.3 Å². The summed E-state index contributed by atoms with van der Waals surface area (Å²) in [5.74, 6) is -2.69. The van der Waals surface area contributed by atoms with Gasteiger partial charge in [0.1, 0.15) is 24.1 Å². The predicted molar refractivity (Wildman–Crippen MR) is 143 cm³/mol. The van der Waals surface area contributed by atoms with E-state index in [4.69, 9.17) is 20.9 Å². The van der Waals surface area contributed by atoms with Crippen LogP contribution in [0.1, 0.15) is 29.0 Å². The number of morpholine rings is 1. The number of ether oxygens (including phenoxy) is 2. The molecule has 40 heavy (non-hydrogen) atoms. The van der Waals surface area contributed by atoms with Crippen LogP contribution in [0.4, 0.5) is 23.7 Å². The Bertz CT molecular complexity index is 1250. The third-order valence-electron chi connectivity index (χ3n) is 6.81. The molecule has 1 fully saturated rings. The van der Waals surface area contributed by atoms with E-state index in [2.05, 4.69) is 10.6 Å². The van der Waals surface area contributed by atoms with Crippen LogP contribution in [0.5, 0.6) is 0 Å². The normalized spacial score (nSPS) is 17.8. The predicted octanol–water partition coefficient (Wildman–Crippen LogP) is 3.59. The Labute approximate surface area is 229 Å². The van der Waals surface area contributed by atoms with Crippen LogP contribution < -0.4 is 22.1 Å². The van der Waals surface area contributed by atoms with Crippen LogP contribution in [0.15, 0.2) is 66.7 Å². The van der Waals surface area contributed by atoms with Crippen molar-refractivity contribution in [2.24, 2.45) is 11.5 Å². The standard InChI is InChI=1S/C29H31F3N4O4/c30-19-8-4-17(5-9-19)26(18-6-10-20(31)11-7-18)27(33)28(37)36-25-3-1-2-24(32)23(25)13-12-22-14-35-21(15-39-22)16-40-29(34)38/h1-11,21-22,26-27,35H,12-16,33H2,(H2,34,38)(H,36,37)/t21-,22+,27-/m0/s1. The minimum Gasteiger partial charge on any atom is -0.448 e. The maximum Gasteiger partial charge on any atom is 0.404 e. The van der Waals surface area contributed by atoms with Gasteiger partial charge in [-0.15, -0.1) is 0 Å². The van der Waals surface area contributed by atoms with E-state index in [1.807, 2.05) is 0 Å². The first kappa shape index (κ1) is 29.1. The van der Waals surface area contributed by atoms with Crippen molar-refractivity contribution < 1.29 is 32.2 Å². The SMILES string of the molecule is NC(=O)OC[C@@H]1CO[C@H](CCc2c(F)cccc2NC(=O)[C@@H](N)C(c2ccc(F)cc2)c2ccc(F)cc2)CN1. The van der Waals surface area contributed by atoms with Crippen LogP contribution >= 0.6 is 0 Å². The van der Waals surface area contributed by atoms with Gasteiger partial charge in [-0.25, -0.2) is 18.0 Å². The van der Waals surface area contributed by atoms with Crippen LogP contribution in [-0.2, 0) is 20.7 Å². The van der Waals surface area contributed by atoms with Gasteiger partial charge in [0.05, 0.1) is 24.8 Å². The Morgan fingerprint density at radius 1 is 1.00 bits per heavy atom. The maximum absolute atomic E-state index is 14.9. The lowest BCUT2D eigenvalue weighted by Gasteiger charge is -2.30. The summed E-state index contributed by atoms with van der Waals surface area (Å²) >= 11 is 0. The zero-order chi connectivity index (χ0) is 28.6. The zero-order valence-electron chi connectivity index (χ0n) is 21.6. The highest BCUT2D eigenvalue weighted by molar-refractivity contribution is 5.96. The fraction of sp³-hybridized carbons (Fsp3) is 0.310. The molecule has 6 N–H and O–H groups in total. The summed E-state index contributed by atoms with van der Waals surface area (Å²) in [7, 11) is 0. The van der Waals surface area contributed by atoms with Gasteiger partial charge in [0.25, 0.3) is 0 Å². The van der Waals surface area contributed by atoms with Gasteiger partial charge >= 0.3 is 6.09 Å². The zero-order valence-corrected chi connectivity index (χ0v) is 21.6. The average Bonchev–Trinajstić information content (AvgIpc) is 2.94. The molecule has 8 nitrogen and oxygen atoms in total. The minimum absolute atomic E-state index is 0.0860. The molecule has 1 heterocycles. The highest BCUT2D eigenvalue weighted by Gasteiger charge is 2.29. The second kappa shape index (κ2) is 13.4. The number of carbonyl (C=O) groups is 2. The Balaban J connectivity index is 1.45. The van der Waals surface area contributed by atoms with Crippen molar-refractivity contribution in [3.8, 4) is 0 Å². The van der Waals surface area contributed by atoms with Gasteiger partial charge in [0, 0.05) is 23.7 Å². The van der Waals surface area contributed by atoms with Crippen molar-refractivity contribution in [3.05, 3.63) is 101 Å². The van der Waals surface area contributed by atoms with Crippen molar-refractivity contribution >= 4 is 17.7 Å². The van der Waals surface area contributed by atoms with Gasteiger partial charge in [-0.1, -0.05) is 30.3 Å². The van der Waals surface area contributed by atoms with Crippen LogP contribution in [0.2, 0.25) is 0 Å². The van der Waals surface area contributed by atoms with E-state index in [1.165, 1.54) is 60.7 Å². The Morgan fingerprint density at radius 2 is 1.62 bits per heavy atom. The first-order valence-corrected chi connectivity index (χ1v) is 12.8. The van der Waals surface area contributed by atoms with E-state index in [0.717, 1.165) is 0 Å². The highest BCUT2D eigenvalue weighted by Crippen LogP contribution is 2.29. The molecule has 0 spiro atoms. The van der Waals surface area contributed by atoms with E-state index < -0.39 is 41.4 Å². The van der Waals surface area contributed by atoms with Crippen molar-refractivity contribution in [2.45, 2.75) is 36.9 Å². The van der Waals surface area contributed by atoms with Crippen LogP contribution in [0.25, 0.3) is 0 Å². The monoisotopic (exact) mass is 556 g/mol. The van der Waals surface area contributed by atoms with Gasteiger partial charge in [-0.3, -0.25) is 4.79 Å². The fourth-order valence-corrected chi connectivity index (χ4v) is 4.69. The Morgan fingerprint density at radius 3 is 2.17 bits per heavy atom. The molecule has 3 atom stereocenters. The second-order valence-electron chi connectivity index (χ2n) is 9.59. The largest absolute Gasteiger partial charge is 0.448 e. The lowest BCUT2D eigenvalue weighted by molar-refractivity contribution is -0.117. The summed E-state index contributed by atoms with van der Waals surface area (Å²) < 4.78 is 52.7. The van der Waals surface area contributed by atoms with E-state index >= 15 is 0 Å². The lowest BCUT2D eigenvalue weighted by Crippen LogP contribution is -2.49. The fourth-order valence-electron chi connectivity index (χ4n) is 4.69. The maximum atomic E-state index is 14.9. The molecular weight excluding hydrogens is 525 g/mol. The van der Waals surface area contributed by atoms with Crippen LogP contribution in [-0.4, -0.2) is 49.9 Å². The second-order valence-corrected chi connectivity index (χ2v) is 9.59. The molecule has 2 amide bonds. The molecule has 0 saturated carbocycles. The molecule has 4 rings (SSSR count). The third kappa shape index (κ3) is 7.59. The quantitative estimate of drug-likeness (QED) is 0.302. The summed E-state index contributed by atoms with van der Waals surface area (Å²) in [4.78, 5) is 24.1. The number of nitrogens with one attached hydrogen (secondary N) is 2. The molecule has 0 aromatic heterocycles. The van der Waals surface area contributed by atoms with Gasteiger partial charge < -0.3 is 31.6 Å². The van der Waals surface area contributed by atoms with Crippen molar-refractivity contribution in [1.29, 1.82) is 0 Å². The summed E-state index contributed by atoms with van der Waals surface area (Å²) in [5.41, 5.74) is 13.1. The molecule has 0 unspecified atom stereocenters. The molecular formula is C29H31F3N4O4. The molecule has 212 valence electrons. The molecule has 3 aromatic rings. The van der Waals surface area contributed by atoms with Crippen molar-refractivity contribution in [1.82, 2.24) is 5.32 Å². The number of hydrogen-bond acceptors (Lipinski definition) is 6. The highest BCUT2D eigenvalue weighted by atomic mass is 19.1. The van der Waals surface area contributed by atoms with Gasteiger partial charge in [-0.2, -0.15) is 0 Å². The first-order chi connectivity index (χ1) is 19.2. The number of nitrogens with two attached hydrogens (primary N) is 2. The molecule has 1 saturated heterocycles. The summed E-state index contributed by atoms with van der Waals surface area (Å²) in [6, 6.07) is 14.2. The number of anilines is 1. The van der Waals surface area contributed by atoms with Gasteiger partial charge in [-0.05, 0) is 60.4 Å². The van der Waals surface area contributed by atoms with Gasteiger partial charge in [0.2, 0.25) is 5.91 Å². The lowest BCUT2D eigenvalue weighted by atomic mass is 9.85. The van der Waals surface area contributed by atoms with E-state index in [-0.39, 0.29) is 30.9 Å².